The molecule has 1 aliphatic rings. The number of piperazine rings is 1. The number of hydrogen-bond donors (Lipinski definition) is 2. The van der Waals surface area contributed by atoms with Crippen molar-refractivity contribution in [2.75, 3.05) is 31.1 Å². The Bertz CT molecular complexity index is 1120. The lowest BCUT2D eigenvalue weighted by atomic mass is 10.0. The summed E-state index contributed by atoms with van der Waals surface area (Å²) in [6.07, 6.45) is 0.693. The summed E-state index contributed by atoms with van der Waals surface area (Å²) < 4.78 is 0. The van der Waals surface area contributed by atoms with E-state index in [1.807, 2.05) is 36.1 Å². The van der Waals surface area contributed by atoms with Crippen LogP contribution in [0.5, 0.6) is 5.75 Å². The molecule has 32 heavy (non-hydrogen) atoms. The molecule has 3 N–H and O–H groups in total. The van der Waals surface area contributed by atoms with Crippen LogP contribution in [0.2, 0.25) is 0 Å². The number of carbonyl (C=O) groups is 1. The summed E-state index contributed by atoms with van der Waals surface area (Å²) in [5.41, 5.74) is 8.68. The molecule has 1 atom stereocenters. The molecule has 2 aromatic carbocycles. The predicted octanol–water partition coefficient (Wildman–Crippen LogP) is 3.33. The molecule has 7 heteroatoms. The molecule has 0 bridgehead atoms. The molecule has 1 aliphatic heterocycles. The third-order valence-electron chi connectivity index (χ3n) is 5.91. The number of anilines is 1. The van der Waals surface area contributed by atoms with Crippen LogP contribution in [0.4, 0.5) is 5.82 Å². The van der Waals surface area contributed by atoms with Gasteiger partial charge in [0.05, 0.1) is 17.1 Å². The van der Waals surface area contributed by atoms with Gasteiger partial charge in [0, 0.05) is 31.6 Å². The van der Waals surface area contributed by atoms with Crippen LogP contribution in [0.1, 0.15) is 25.8 Å². The molecule has 1 amide bonds. The number of fused-ring (bicyclic) bond motifs is 1. The van der Waals surface area contributed by atoms with Crippen molar-refractivity contribution in [2.24, 2.45) is 11.7 Å². The van der Waals surface area contributed by atoms with Gasteiger partial charge in [-0.3, -0.25) is 4.79 Å². The average Bonchev–Trinajstić information content (AvgIpc) is 2.77. The SMILES string of the molecule is Cc1ccc2c(N3CCN(C(=O)[C@@H](N)CC(C)C)CC3)nc(-c3ccccc3O)nc2c1. The van der Waals surface area contributed by atoms with Gasteiger partial charge < -0.3 is 20.6 Å². The van der Waals surface area contributed by atoms with Gasteiger partial charge in [0.25, 0.3) is 0 Å². The van der Waals surface area contributed by atoms with Crippen LogP contribution < -0.4 is 10.6 Å². The maximum atomic E-state index is 12.7. The molecule has 168 valence electrons. The second-order valence-corrected chi connectivity index (χ2v) is 8.96. The monoisotopic (exact) mass is 433 g/mol. The Morgan fingerprint density at radius 3 is 2.50 bits per heavy atom. The van der Waals surface area contributed by atoms with Crippen LogP contribution in [-0.4, -0.2) is 58.1 Å². The van der Waals surface area contributed by atoms with Crippen LogP contribution in [-0.2, 0) is 4.79 Å². The number of para-hydroxylation sites is 1. The van der Waals surface area contributed by atoms with Crippen molar-refractivity contribution in [3.8, 4) is 17.1 Å². The number of aromatic nitrogens is 2. The Kier molecular flexibility index (Phi) is 6.28. The highest BCUT2D eigenvalue weighted by Gasteiger charge is 2.27. The molecular formula is C25H31N5O2. The smallest absolute Gasteiger partial charge is 0.239 e. The summed E-state index contributed by atoms with van der Waals surface area (Å²) >= 11 is 0. The fraction of sp³-hybridized carbons (Fsp3) is 0.400. The van der Waals surface area contributed by atoms with Crippen LogP contribution in [0.3, 0.4) is 0 Å². The number of carbonyl (C=O) groups excluding carboxylic acids is 1. The number of hydrogen-bond acceptors (Lipinski definition) is 6. The number of phenols is 1. The van der Waals surface area contributed by atoms with Gasteiger partial charge in [0.2, 0.25) is 5.91 Å². The largest absolute Gasteiger partial charge is 0.507 e. The zero-order valence-electron chi connectivity index (χ0n) is 19.0. The van der Waals surface area contributed by atoms with Crippen molar-refractivity contribution in [3.05, 3.63) is 48.0 Å². The van der Waals surface area contributed by atoms with E-state index in [1.165, 1.54) is 0 Å². The second kappa shape index (κ2) is 9.12. The normalized spacial score (nSPS) is 15.4. The van der Waals surface area contributed by atoms with Crippen molar-refractivity contribution in [1.82, 2.24) is 14.9 Å². The molecular weight excluding hydrogens is 402 g/mol. The summed E-state index contributed by atoms with van der Waals surface area (Å²) in [5.74, 6) is 1.89. The first-order valence-electron chi connectivity index (χ1n) is 11.2. The number of aryl methyl sites for hydroxylation is 1. The van der Waals surface area contributed by atoms with Gasteiger partial charge in [0.15, 0.2) is 5.82 Å². The summed E-state index contributed by atoms with van der Waals surface area (Å²) in [6, 6.07) is 12.8. The lowest BCUT2D eigenvalue weighted by Gasteiger charge is -2.37. The zero-order valence-corrected chi connectivity index (χ0v) is 19.0. The van der Waals surface area contributed by atoms with Gasteiger partial charge in [-0.05, 0) is 49.1 Å². The summed E-state index contributed by atoms with van der Waals surface area (Å²) in [5, 5.41) is 11.3. The minimum absolute atomic E-state index is 0.0245. The quantitative estimate of drug-likeness (QED) is 0.641. The van der Waals surface area contributed by atoms with Gasteiger partial charge in [-0.15, -0.1) is 0 Å². The van der Waals surface area contributed by atoms with Crippen molar-refractivity contribution in [1.29, 1.82) is 0 Å². The maximum Gasteiger partial charge on any atom is 0.239 e. The minimum Gasteiger partial charge on any atom is -0.507 e. The van der Waals surface area contributed by atoms with E-state index in [9.17, 15) is 9.90 Å². The van der Waals surface area contributed by atoms with E-state index < -0.39 is 6.04 Å². The fourth-order valence-electron chi connectivity index (χ4n) is 4.23. The Morgan fingerprint density at radius 2 is 1.81 bits per heavy atom. The molecule has 1 fully saturated rings. The van der Waals surface area contributed by atoms with Crippen molar-refractivity contribution in [2.45, 2.75) is 33.2 Å². The van der Waals surface area contributed by atoms with Gasteiger partial charge in [-0.2, -0.15) is 0 Å². The van der Waals surface area contributed by atoms with Crippen molar-refractivity contribution in [3.63, 3.8) is 0 Å². The Balaban J connectivity index is 1.63. The molecule has 7 nitrogen and oxygen atoms in total. The minimum atomic E-state index is -0.447. The summed E-state index contributed by atoms with van der Waals surface area (Å²) in [4.78, 5) is 26.4. The van der Waals surface area contributed by atoms with E-state index in [0.29, 0.717) is 49.9 Å². The van der Waals surface area contributed by atoms with E-state index in [-0.39, 0.29) is 11.7 Å². The van der Waals surface area contributed by atoms with Crippen molar-refractivity contribution < 1.29 is 9.90 Å². The van der Waals surface area contributed by atoms with E-state index in [1.54, 1.807) is 12.1 Å². The van der Waals surface area contributed by atoms with Gasteiger partial charge in [-0.1, -0.05) is 32.0 Å². The van der Waals surface area contributed by atoms with Crippen LogP contribution in [0, 0.1) is 12.8 Å². The van der Waals surface area contributed by atoms with Gasteiger partial charge >= 0.3 is 0 Å². The highest BCUT2D eigenvalue weighted by molar-refractivity contribution is 5.92. The summed E-state index contributed by atoms with van der Waals surface area (Å²) in [7, 11) is 0. The van der Waals surface area contributed by atoms with Crippen molar-refractivity contribution >= 4 is 22.6 Å². The Labute approximate surface area is 188 Å². The highest BCUT2D eigenvalue weighted by atomic mass is 16.3. The van der Waals surface area contributed by atoms with E-state index in [4.69, 9.17) is 15.7 Å². The zero-order chi connectivity index (χ0) is 22.8. The predicted molar refractivity (Wildman–Crippen MR) is 128 cm³/mol. The van der Waals surface area contributed by atoms with Gasteiger partial charge in [0.1, 0.15) is 11.6 Å². The first-order chi connectivity index (χ1) is 15.3. The standard InChI is InChI=1S/C25H31N5O2/c1-16(2)14-20(26)25(32)30-12-10-29(11-13-30)24-18-9-8-17(3)15-21(18)27-23(28-24)19-6-4-5-7-22(19)31/h4-9,15-16,20,31H,10-14,26H2,1-3H3/t20-/m0/s1. The average molecular weight is 434 g/mol. The molecule has 0 spiro atoms. The third kappa shape index (κ3) is 4.53. The molecule has 2 heterocycles. The number of nitrogens with two attached hydrogens (primary N) is 1. The number of amides is 1. The maximum absolute atomic E-state index is 12.7. The fourth-order valence-corrected chi connectivity index (χ4v) is 4.23. The lowest BCUT2D eigenvalue weighted by Crippen LogP contribution is -2.53. The number of nitrogens with zero attached hydrogens (tertiary/aromatic N) is 4. The first-order valence-corrected chi connectivity index (χ1v) is 11.2. The van der Waals surface area contributed by atoms with Crippen LogP contribution in [0.15, 0.2) is 42.5 Å². The number of benzene rings is 2. The van der Waals surface area contributed by atoms with E-state index >= 15 is 0 Å². The van der Waals surface area contributed by atoms with E-state index in [0.717, 1.165) is 22.3 Å². The lowest BCUT2D eigenvalue weighted by molar-refractivity contribution is -0.133. The molecule has 4 rings (SSSR count). The molecule has 1 aromatic heterocycles. The molecule has 1 saturated heterocycles. The number of aromatic hydroxyl groups is 1. The highest BCUT2D eigenvalue weighted by Crippen LogP contribution is 2.32. The molecule has 3 aromatic rings. The summed E-state index contributed by atoms with van der Waals surface area (Å²) in [6.45, 7) is 8.73. The Morgan fingerprint density at radius 1 is 1.09 bits per heavy atom. The molecule has 0 radical (unpaired) electrons. The first kappa shape index (κ1) is 22.0. The number of rotatable bonds is 5. The van der Waals surface area contributed by atoms with Gasteiger partial charge in [-0.25, -0.2) is 9.97 Å². The van der Waals surface area contributed by atoms with Crippen LogP contribution in [0.25, 0.3) is 22.3 Å². The number of phenolic OH excluding ortho intramolecular Hbond substituents is 1. The topological polar surface area (TPSA) is 95.6 Å². The molecule has 0 saturated carbocycles. The second-order valence-electron chi connectivity index (χ2n) is 8.96. The molecule has 0 unspecified atom stereocenters. The van der Waals surface area contributed by atoms with Crippen LogP contribution >= 0.6 is 0 Å². The molecule has 0 aliphatic carbocycles. The van der Waals surface area contributed by atoms with E-state index in [2.05, 4.69) is 24.8 Å². The third-order valence-corrected chi connectivity index (χ3v) is 5.91. The Hall–Kier alpha value is -3.19.